The molecule has 154 valence electrons. The first-order chi connectivity index (χ1) is 14.4. The molecule has 8 nitrogen and oxygen atoms in total. The van der Waals surface area contributed by atoms with Crippen LogP contribution in [0.15, 0.2) is 47.6 Å². The van der Waals surface area contributed by atoms with Crippen molar-refractivity contribution in [1.29, 1.82) is 0 Å². The van der Waals surface area contributed by atoms with Gasteiger partial charge in [0.1, 0.15) is 10.8 Å². The van der Waals surface area contributed by atoms with Gasteiger partial charge in [-0.1, -0.05) is 40.6 Å². The molecule has 0 aliphatic carbocycles. The summed E-state index contributed by atoms with van der Waals surface area (Å²) in [6.45, 7) is 0. The number of aromatic nitrogens is 2. The molecule has 0 radical (unpaired) electrons. The van der Waals surface area contributed by atoms with E-state index in [4.69, 9.17) is 27.9 Å². The van der Waals surface area contributed by atoms with Crippen molar-refractivity contribution in [2.75, 3.05) is 12.4 Å². The highest BCUT2D eigenvalue weighted by Gasteiger charge is 2.12. The number of hydrazone groups is 1. The maximum Gasteiger partial charge on any atom is 0.257 e. The van der Waals surface area contributed by atoms with Crippen molar-refractivity contribution in [3.63, 3.8) is 0 Å². The molecule has 11 heteroatoms. The lowest BCUT2D eigenvalue weighted by Crippen LogP contribution is -2.19. The fourth-order valence-electron chi connectivity index (χ4n) is 2.24. The molecule has 0 atom stereocenters. The summed E-state index contributed by atoms with van der Waals surface area (Å²) in [5.74, 6) is -0.0773. The average molecular weight is 464 g/mol. The molecule has 30 heavy (non-hydrogen) atoms. The van der Waals surface area contributed by atoms with Crippen molar-refractivity contribution < 1.29 is 14.3 Å². The van der Waals surface area contributed by atoms with E-state index in [9.17, 15) is 9.59 Å². The molecule has 0 spiro atoms. The summed E-state index contributed by atoms with van der Waals surface area (Å²) in [4.78, 5) is 24.3. The van der Waals surface area contributed by atoms with Crippen LogP contribution in [-0.4, -0.2) is 35.3 Å². The molecule has 2 aromatic carbocycles. The Morgan fingerprint density at radius 2 is 1.93 bits per heavy atom. The molecular formula is C19H15Cl2N5O3S. The van der Waals surface area contributed by atoms with E-state index in [1.54, 1.807) is 49.6 Å². The van der Waals surface area contributed by atoms with Crippen LogP contribution in [0.1, 0.15) is 20.9 Å². The quantitative estimate of drug-likeness (QED) is 0.409. The maximum atomic E-state index is 12.2. The van der Waals surface area contributed by atoms with Crippen LogP contribution in [0, 0.1) is 0 Å². The predicted octanol–water partition coefficient (Wildman–Crippen LogP) is 3.80. The first-order valence-corrected chi connectivity index (χ1v) is 10.1. The first-order valence-electron chi connectivity index (χ1n) is 8.49. The first kappa shape index (κ1) is 21.7. The summed E-state index contributed by atoms with van der Waals surface area (Å²) in [6.07, 6.45) is 1.37. The number of benzene rings is 2. The van der Waals surface area contributed by atoms with Gasteiger partial charge in [0.25, 0.3) is 5.91 Å². The second-order valence-electron chi connectivity index (χ2n) is 5.82. The van der Waals surface area contributed by atoms with Gasteiger partial charge in [0.05, 0.1) is 24.8 Å². The van der Waals surface area contributed by atoms with E-state index < -0.39 is 0 Å². The summed E-state index contributed by atoms with van der Waals surface area (Å²) in [5, 5.41) is 15.9. The molecule has 0 unspecified atom stereocenters. The van der Waals surface area contributed by atoms with Gasteiger partial charge in [-0.25, -0.2) is 5.43 Å². The molecule has 2 N–H and O–H groups in total. The van der Waals surface area contributed by atoms with E-state index in [1.165, 1.54) is 6.21 Å². The Hall–Kier alpha value is -3.01. The normalized spacial score (nSPS) is 10.8. The van der Waals surface area contributed by atoms with Gasteiger partial charge < -0.3 is 4.74 Å². The second-order valence-corrected chi connectivity index (χ2v) is 7.73. The van der Waals surface area contributed by atoms with Crippen LogP contribution in [0.25, 0.3) is 0 Å². The van der Waals surface area contributed by atoms with Crippen LogP contribution >= 0.6 is 34.5 Å². The second kappa shape index (κ2) is 10.1. The highest BCUT2D eigenvalue weighted by Crippen LogP contribution is 2.20. The third-order valence-corrected chi connectivity index (χ3v) is 5.11. The minimum Gasteiger partial charge on any atom is -0.497 e. The van der Waals surface area contributed by atoms with E-state index in [1.807, 2.05) is 0 Å². The molecular weight excluding hydrogens is 449 g/mol. The third-order valence-electron chi connectivity index (χ3n) is 3.71. The molecule has 0 aliphatic rings. The van der Waals surface area contributed by atoms with Crippen molar-refractivity contribution in [2.45, 2.75) is 6.42 Å². The van der Waals surface area contributed by atoms with Gasteiger partial charge >= 0.3 is 0 Å². The zero-order chi connectivity index (χ0) is 21.5. The number of nitrogens with one attached hydrogen (secondary N) is 2. The lowest BCUT2D eigenvalue weighted by atomic mass is 10.2. The summed E-state index contributed by atoms with van der Waals surface area (Å²) in [6, 6.07) is 11.6. The van der Waals surface area contributed by atoms with E-state index in [2.05, 4.69) is 26.0 Å². The summed E-state index contributed by atoms with van der Waals surface area (Å²) in [5.41, 5.74) is 3.44. The molecule has 3 aromatic rings. The molecule has 0 saturated heterocycles. The zero-order valence-corrected chi connectivity index (χ0v) is 17.9. The number of amides is 2. The minimum atomic E-state index is -0.388. The van der Waals surface area contributed by atoms with Crippen LogP contribution < -0.4 is 15.5 Å². The van der Waals surface area contributed by atoms with Crippen LogP contribution in [0.4, 0.5) is 5.13 Å². The number of rotatable bonds is 7. The monoisotopic (exact) mass is 463 g/mol. The molecule has 3 rings (SSSR count). The van der Waals surface area contributed by atoms with E-state index in [-0.39, 0.29) is 23.4 Å². The maximum absolute atomic E-state index is 12.2. The average Bonchev–Trinajstić information content (AvgIpc) is 3.16. The van der Waals surface area contributed by atoms with E-state index in [0.717, 1.165) is 11.3 Å². The number of carbonyl (C=O) groups is 2. The van der Waals surface area contributed by atoms with Gasteiger partial charge in [-0.05, 0) is 36.4 Å². The fourth-order valence-corrected chi connectivity index (χ4v) is 3.43. The van der Waals surface area contributed by atoms with Crippen LogP contribution in [0.3, 0.4) is 0 Å². The van der Waals surface area contributed by atoms with Gasteiger partial charge in [-0.2, -0.15) is 5.10 Å². The number of methoxy groups -OCH3 is 1. The number of hydrogen-bond acceptors (Lipinski definition) is 7. The molecule has 0 saturated carbocycles. The van der Waals surface area contributed by atoms with Gasteiger partial charge in [-0.15, -0.1) is 10.2 Å². The highest BCUT2D eigenvalue weighted by atomic mass is 35.5. The Morgan fingerprint density at radius 1 is 1.17 bits per heavy atom. The number of anilines is 1. The van der Waals surface area contributed by atoms with Gasteiger partial charge in [-0.3, -0.25) is 14.9 Å². The Kier molecular flexibility index (Phi) is 7.34. The lowest BCUT2D eigenvalue weighted by molar-refractivity contribution is -0.120. The van der Waals surface area contributed by atoms with Crippen molar-refractivity contribution in [3.8, 4) is 5.75 Å². The van der Waals surface area contributed by atoms with Crippen molar-refractivity contribution in [2.24, 2.45) is 5.10 Å². The zero-order valence-electron chi connectivity index (χ0n) is 15.6. The Balaban J connectivity index is 1.52. The van der Waals surface area contributed by atoms with Crippen molar-refractivity contribution >= 4 is 57.7 Å². The minimum absolute atomic E-state index is 0.0399. The summed E-state index contributed by atoms with van der Waals surface area (Å²) >= 11 is 13.0. The molecule has 1 aromatic heterocycles. The number of carbonyl (C=O) groups excluding carboxylic acids is 2. The number of halogens is 2. The Labute approximate surface area is 185 Å². The SMILES string of the molecule is COc1ccc(C(=O)Nc2nnc(CC(=O)N/N=C\c3ccc(Cl)cc3Cl)s2)cc1. The fraction of sp³-hybridized carbons (Fsp3) is 0.105. The van der Waals surface area contributed by atoms with Gasteiger partial charge in [0, 0.05) is 16.1 Å². The molecule has 2 amide bonds. The Morgan fingerprint density at radius 3 is 2.63 bits per heavy atom. The van der Waals surface area contributed by atoms with Gasteiger partial charge in [0.15, 0.2) is 0 Å². The number of nitrogens with zero attached hydrogens (tertiary/aromatic N) is 3. The predicted molar refractivity (Wildman–Crippen MR) is 117 cm³/mol. The molecule has 1 heterocycles. The topological polar surface area (TPSA) is 106 Å². The van der Waals surface area contributed by atoms with Crippen LogP contribution in [-0.2, 0) is 11.2 Å². The highest BCUT2D eigenvalue weighted by molar-refractivity contribution is 7.15. The van der Waals surface area contributed by atoms with E-state index in [0.29, 0.717) is 31.9 Å². The third kappa shape index (κ3) is 5.99. The smallest absolute Gasteiger partial charge is 0.257 e. The van der Waals surface area contributed by atoms with Crippen LogP contribution in [0.2, 0.25) is 10.0 Å². The lowest BCUT2D eigenvalue weighted by Gasteiger charge is -2.02. The van der Waals surface area contributed by atoms with Crippen molar-refractivity contribution in [1.82, 2.24) is 15.6 Å². The molecule has 0 bridgehead atoms. The summed E-state index contributed by atoms with van der Waals surface area (Å²) < 4.78 is 5.06. The number of hydrogen-bond donors (Lipinski definition) is 2. The van der Waals surface area contributed by atoms with Crippen molar-refractivity contribution in [3.05, 3.63) is 68.6 Å². The van der Waals surface area contributed by atoms with E-state index >= 15 is 0 Å². The van der Waals surface area contributed by atoms with Crippen LogP contribution in [0.5, 0.6) is 5.75 Å². The van der Waals surface area contributed by atoms with Gasteiger partial charge in [0.2, 0.25) is 11.0 Å². The number of ether oxygens (including phenoxy) is 1. The molecule has 0 aliphatic heterocycles. The summed E-state index contributed by atoms with van der Waals surface area (Å²) in [7, 11) is 1.55. The molecule has 0 fully saturated rings. The largest absolute Gasteiger partial charge is 0.497 e. The Bertz CT molecular complexity index is 1090. The standard InChI is InChI=1S/C19H15Cl2N5O3S/c1-29-14-6-3-11(4-7-14)18(28)23-19-26-25-17(30-19)9-16(27)24-22-10-12-2-5-13(20)8-15(12)21/h2-8,10H,9H2,1H3,(H,24,27)(H,23,26,28)/b22-10-.